The van der Waals surface area contributed by atoms with E-state index >= 15 is 0 Å². The molecular weight excluding hydrogens is 108 g/mol. The van der Waals surface area contributed by atoms with E-state index in [-0.39, 0.29) is 9.52 Å². The molecule has 0 unspecified atom stereocenters. The third-order valence-corrected chi connectivity index (χ3v) is 1.48. The summed E-state index contributed by atoms with van der Waals surface area (Å²) in [6, 6.07) is 0.877. The van der Waals surface area contributed by atoms with Gasteiger partial charge in [-0.15, -0.1) is 0 Å². The highest BCUT2D eigenvalue weighted by atomic mass is 28.2. The lowest BCUT2D eigenvalue weighted by Crippen LogP contribution is -1.79. The molecular formula is C4H10O2Si. The van der Waals surface area contributed by atoms with Gasteiger partial charge in [-0.3, -0.25) is 0 Å². The van der Waals surface area contributed by atoms with E-state index < -0.39 is 5.95 Å². The lowest BCUT2D eigenvalue weighted by Gasteiger charge is -1.82. The van der Waals surface area contributed by atoms with Gasteiger partial charge in [0.2, 0.25) is 0 Å². The van der Waals surface area contributed by atoms with Gasteiger partial charge in [-0.1, -0.05) is 6.55 Å². The van der Waals surface area contributed by atoms with Gasteiger partial charge < -0.3 is 10.2 Å². The maximum absolute atomic E-state index is 8.12. The first-order valence-electron chi connectivity index (χ1n) is 2.35. The predicted molar refractivity (Wildman–Crippen MR) is 32.6 cm³/mol. The van der Waals surface area contributed by atoms with Crippen molar-refractivity contribution < 1.29 is 10.2 Å². The zero-order valence-electron chi connectivity index (χ0n) is 4.39. The van der Waals surface area contributed by atoms with Crippen LogP contribution in [0.4, 0.5) is 0 Å². The van der Waals surface area contributed by atoms with Gasteiger partial charge in [-0.05, 0) is 12.1 Å². The molecule has 2 N–H and O–H groups in total. The SMILES string of the molecule is C[SiH2]CC=C(O)O. The van der Waals surface area contributed by atoms with Gasteiger partial charge in [0.15, 0.2) is 0 Å². The number of aliphatic hydroxyl groups is 2. The van der Waals surface area contributed by atoms with Gasteiger partial charge in [0.1, 0.15) is 0 Å². The van der Waals surface area contributed by atoms with Crippen LogP contribution in [0.2, 0.25) is 12.6 Å². The molecule has 0 atom stereocenters. The van der Waals surface area contributed by atoms with Gasteiger partial charge in [0.25, 0.3) is 5.95 Å². The Morgan fingerprint density at radius 1 is 1.71 bits per heavy atom. The van der Waals surface area contributed by atoms with Crippen molar-refractivity contribution in [2.75, 3.05) is 0 Å². The van der Waals surface area contributed by atoms with Crippen molar-refractivity contribution in [3.8, 4) is 0 Å². The summed E-state index contributed by atoms with van der Waals surface area (Å²) in [5.41, 5.74) is 0. The third kappa shape index (κ3) is 5.56. The van der Waals surface area contributed by atoms with Crippen LogP contribution < -0.4 is 0 Å². The third-order valence-electron chi connectivity index (χ3n) is 0.616. The minimum Gasteiger partial charge on any atom is -0.481 e. The Labute approximate surface area is 45.3 Å². The monoisotopic (exact) mass is 118 g/mol. The first-order valence-corrected chi connectivity index (χ1v) is 4.77. The Morgan fingerprint density at radius 2 is 2.29 bits per heavy atom. The van der Waals surface area contributed by atoms with Crippen LogP contribution in [0.15, 0.2) is 12.0 Å². The van der Waals surface area contributed by atoms with Crippen molar-refractivity contribution >= 4 is 9.52 Å². The molecule has 0 aromatic heterocycles. The largest absolute Gasteiger partial charge is 0.481 e. The van der Waals surface area contributed by atoms with Crippen LogP contribution in [-0.4, -0.2) is 19.7 Å². The molecule has 0 amide bonds. The number of aliphatic hydroxyl groups excluding tert-OH is 1. The molecule has 0 aliphatic carbocycles. The van der Waals surface area contributed by atoms with Crippen LogP contribution in [0, 0.1) is 0 Å². The summed E-state index contributed by atoms with van der Waals surface area (Å²) < 4.78 is 0. The molecule has 0 spiro atoms. The molecule has 0 saturated heterocycles. The maximum atomic E-state index is 8.12. The molecule has 0 rings (SSSR count). The van der Waals surface area contributed by atoms with E-state index in [2.05, 4.69) is 6.55 Å². The van der Waals surface area contributed by atoms with E-state index in [1.165, 1.54) is 6.08 Å². The van der Waals surface area contributed by atoms with E-state index in [1.807, 2.05) is 0 Å². The minimum atomic E-state index is -0.533. The Balaban J connectivity index is 3.08. The topological polar surface area (TPSA) is 40.5 Å². The fraction of sp³-hybridized carbons (Fsp3) is 0.500. The highest BCUT2D eigenvalue weighted by molar-refractivity contribution is 6.34. The van der Waals surface area contributed by atoms with Crippen LogP contribution in [-0.2, 0) is 0 Å². The smallest absolute Gasteiger partial charge is 0.269 e. The molecule has 0 aliphatic rings. The fourth-order valence-corrected chi connectivity index (χ4v) is 0.820. The average molecular weight is 118 g/mol. The van der Waals surface area contributed by atoms with E-state index in [0.29, 0.717) is 0 Å². The summed E-state index contributed by atoms with van der Waals surface area (Å²) in [6.45, 7) is 2.11. The van der Waals surface area contributed by atoms with Crippen molar-refractivity contribution in [2.24, 2.45) is 0 Å². The van der Waals surface area contributed by atoms with Crippen LogP contribution in [0.1, 0.15) is 0 Å². The molecule has 0 aromatic carbocycles. The maximum Gasteiger partial charge on any atom is 0.269 e. The zero-order chi connectivity index (χ0) is 5.70. The van der Waals surface area contributed by atoms with Crippen molar-refractivity contribution in [2.45, 2.75) is 12.6 Å². The Morgan fingerprint density at radius 3 is 2.43 bits per heavy atom. The molecule has 0 aromatic rings. The second kappa shape index (κ2) is 3.74. The number of hydrogen-bond donors (Lipinski definition) is 2. The van der Waals surface area contributed by atoms with Gasteiger partial charge in [-0.2, -0.15) is 0 Å². The normalized spacial score (nSPS) is 9.86. The zero-order valence-corrected chi connectivity index (χ0v) is 5.80. The van der Waals surface area contributed by atoms with Gasteiger partial charge in [0, 0.05) is 9.52 Å². The first-order chi connectivity index (χ1) is 3.27. The number of allylic oxidation sites excluding steroid dienone is 1. The molecule has 0 radical (unpaired) electrons. The molecule has 0 bridgehead atoms. The van der Waals surface area contributed by atoms with E-state index in [4.69, 9.17) is 10.2 Å². The Kier molecular flexibility index (Phi) is 3.50. The quantitative estimate of drug-likeness (QED) is 0.411. The van der Waals surface area contributed by atoms with Crippen LogP contribution in [0.3, 0.4) is 0 Å². The molecule has 0 saturated carbocycles. The summed E-state index contributed by atoms with van der Waals surface area (Å²) in [4.78, 5) is 0. The van der Waals surface area contributed by atoms with E-state index in [9.17, 15) is 0 Å². The minimum absolute atomic E-state index is 0.0252. The summed E-state index contributed by atoms with van der Waals surface area (Å²) in [5.74, 6) is -0.533. The van der Waals surface area contributed by atoms with Crippen LogP contribution in [0.25, 0.3) is 0 Å². The molecule has 42 valence electrons. The van der Waals surface area contributed by atoms with Gasteiger partial charge >= 0.3 is 0 Å². The van der Waals surface area contributed by atoms with E-state index in [0.717, 1.165) is 6.04 Å². The van der Waals surface area contributed by atoms with Crippen LogP contribution >= 0.6 is 0 Å². The summed E-state index contributed by atoms with van der Waals surface area (Å²) in [6.07, 6.45) is 1.44. The molecule has 0 fully saturated rings. The predicted octanol–water partition coefficient (Wildman–Crippen LogP) is 0.579. The number of hydrogen-bond acceptors (Lipinski definition) is 2. The lowest BCUT2D eigenvalue weighted by atomic mass is 10.7. The fourth-order valence-electron chi connectivity index (χ4n) is 0.273. The lowest BCUT2D eigenvalue weighted by molar-refractivity contribution is 0.190. The molecule has 3 heteroatoms. The summed E-state index contributed by atoms with van der Waals surface area (Å²) in [5, 5.41) is 16.2. The van der Waals surface area contributed by atoms with Gasteiger partial charge in [-0.25, -0.2) is 0 Å². The highest BCUT2D eigenvalue weighted by Crippen LogP contribution is 1.84. The standard InChI is InChI=1S/C4H10O2Si/c1-7-3-2-4(5)6/h2,5-6H,3,7H2,1H3. The van der Waals surface area contributed by atoms with Crippen molar-refractivity contribution in [1.82, 2.24) is 0 Å². The first kappa shape index (κ1) is 6.56. The summed E-state index contributed by atoms with van der Waals surface area (Å²) >= 11 is 0. The molecule has 2 nitrogen and oxygen atoms in total. The average Bonchev–Trinajstić information content (AvgIpc) is 1.61. The highest BCUT2D eigenvalue weighted by Gasteiger charge is 1.79. The van der Waals surface area contributed by atoms with Gasteiger partial charge in [0.05, 0.1) is 0 Å². The number of rotatable bonds is 2. The molecule has 7 heavy (non-hydrogen) atoms. The van der Waals surface area contributed by atoms with Crippen molar-refractivity contribution in [3.05, 3.63) is 12.0 Å². The Hall–Kier alpha value is -0.443. The summed E-state index contributed by atoms with van der Waals surface area (Å²) in [7, 11) is -0.0252. The second-order valence-electron chi connectivity index (χ2n) is 1.35. The second-order valence-corrected chi connectivity index (χ2v) is 2.93. The van der Waals surface area contributed by atoms with Crippen LogP contribution in [0.5, 0.6) is 0 Å². The Bertz CT molecular complexity index is 66.1. The molecule has 0 aliphatic heterocycles. The van der Waals surface area contributed by atoms with E-state index in [1.54, 1.807) is 0 Å². The van der Waals surface area contributed by atoms with Crippen molar-refractivity contribution in [3.63, 3.8) is 0 Å². The molecule has 0 heterocycles. The van der Waals surface area contributed by atoms with Crippen molar-refractivity contribution in [1.29, 1.82) is 0 Å².